The average molecular weight is 397 g/mol. The van der Waals surface area contributed by atoms with Crippen LogP contribution < -0.4 is 10.6 Å². The summed E-state index contributed by atoms with van der Waals surface area (Å²) in [7, 11) is 0. The minimum atomic E-state index is -0.642. The van der Waals surface area contributed by atoms with Crippen molar-refractivity contribution in [2.24, 2.45) is 0 Å². The van der Waals surface area contributed by atoms with E-state index < -0.39 is 6.10 Å². The monoisotopic (exact) mass is 397 g/mol. The molecule has 0 saturated carbocycles. The predicted octanol–water partition coefficient (Wildman–Crippen LogP) is 0.745. The topological polar surface area (TPSA) is 99.6 Å². The van der Waals surface area contributed by atoms with Crippen LogP contribution in [0.4, 0.5) is 5.82 Å². The van der Waals surface area contributed by atoms with Gasteiger partial charge in [0.2, 0.25) is 0 Å². The van der Waals surface area contributed by atoms with Gasteiger partial charge in [0, 0.05) is 32.2 Å². The van der Waals surface area contributed by atoms with Crippen LogP contribution >= 0.6 is 0 Å². The predicted molar refractivity (Wildman–Crippen MR) is 109 cm³/mol. The van der Waals surface area contributed by atoms with E-state index >= 15 is 0 Å². The van der Waals surface area contributed by atoms with E-state index in [4.69, 9.17) is 4.74 Å². The molecule has 1 fully saturated rings. The molecule has 0 bridgehead atoms. The molecular formula is C21H27N5O3. The number of aryl methyl sites for hydroxylation is 1. The van der Waals surface area contributed by atoms with Crippen molar-refractivity contribution >= 4 is 11.7 Å². The van der Waals surface area contributed by atoms with Gasteiger partial charge in [-0.25, -0.2) is 9.97 Å². The summed E-state index contributed by atoms with van der Waals surface area (Å²) in [6, 6.07) is 8.39. The molecule has 1 aromatic carbocycles. The highest BCUT2D eigenvalue weighted by atomic mass is 16.5. The number of β-amino-alcohol motifs (C(OH)–C–C–N with tert-alkyl or cyclic N) is 1. The third-order valence-corrected chi connectivity index (χ3v) is 5.31. The van der Waals surface area contributed by atoms with Gasteiger partial charge in [-0.2, -0.15) is 0 Å². The van der Waals surface area contributed by atoms with E-state index in [1.54, 1.807) is 6.07 Å². The molecule has 1 saturated heterocycles. The zero-order valence-electron chi connectivity index (χ0n) is 16.6. The van der Waals surface area contributed by atoms with E-state index in [1.165, 1.54) is 23.0 Å². The number of benzene rings is 1. The van der Waals surface area contributed by atoms with Crippen LogP contribution in [-0.4, -0.2) is 70.9 Å². The van der Waals surface area contributed by atoms with Gasteiger partial charge < -0.3 is 20.5 Å². The van der Waals surface area contributed by atoms with Crippen LogP contribution in [0.3, 0.4) is 0 Å². The average Bonchev–Trinajstić information content (AvgIpc) is 2.69. The van der Waals surface area contributed by atoms with Gasteiger partial charge in [-0.15, -0.1) is 0 Å². The number of nitrogens with one attached hydrogen (secondary N) is 2. The van der Waals surface area contributed by atoms with Crippen LogP contribution in [-0.2, 0) is 17.7 Å². The second kappa shape index (κ2) is 8.86. The number of amides is 1. The molecule has 8 nitrogen and oxygen atoms in total. The van der Waals surface area contributed by atoms with E-state index in [0.29, 0.717) is 25.6 Å². The number of carbonyl (C=O) groups is 1. The quantitative estimate of drug-likeness (QED) is 0.634. The van der Waals surface area contributed by atoms with Crippen molar-refractivity contribution in [3.05, 3.63) is 53.0 Å². The van der Waals surface area contributed by atoms with Crippen LogP contribution in [0, 0.1) is 6.92 Å². The molecule has 3 N–H and O–H groups in total. The van der Waals surface area contributed by atoms with Gasteiger partial charge in [0.1, 0.15) is 17.8 Å². The highest BCUT2D eigenvalue weighted by Crippen LogP contribution is 2.20. The Kier molecular flexibility index (Phi) is 6.03. The standard InChI is InChI=1S/C21H27N5O3/c1-14-2-3-15-4-5-26(9-16(15)6-14)10-18(27)8-22-21(28)19-7-20(24-13-23-19)25-17-11-29-12-17/h2-3,6-7,13,17-18,27H,4-5,8-12H2,1H3,(H,22,28)(H,23,24,25). The Morgan fingerprint density at radius 2 is 2.17 bits per heavy atom. The van der Waals surface area contributed by atoms with Crippen molar-refractivity contribution in [3.63, 3.8) is 0 Å². The lowest BCUT2D eigenvalue weighted by Crippen LogP contribution is -2.42. The number of hydrogen-bond acceptors (Lipinski definition) is 7. The molecule has 1 amide bonds. The summed E-state index contributed by atoms with van der Waals surface area (Å²) in [6.07, 6.45) is 1.70. The first kappa shape index (κ1) is 19.8. The Bertz CT molecular complexity index is 871. The fourth-order valence-electron chi connectivity index (χ4n) is 3.65. The highest BCUT2D eigenvalue weighted by molar-refractivity contribution is 5.92. The maximum Gasteiger partial charge on any atom is 0.270 e. The lowest BCUT2D eigenvalue weighted by molar-refractivity contribution is 0.0209. The number of hydrogen-bond donors (Lipinski definition) is 3. The molecule has 1 atom stereocenters. The Balaban J connectivity index is 1.25. The Morgan fingerprint density at radius 1 is 1.31 bits per heavy atom. The van der Waals surface area contributed by atoms with Crippen molar-refractivity contribution in [1.29, 1.82) is 0 Å². The highest BCUT2D eigenvalue weighted by Gasteiger charge is 2.21. The third-order valence-electron chi connectivity index (χ3n) is 5.31. The van der Waals surface area contributed by atoms with Crippen molar-refractivity contribution in [1.82, 2.24) is 20.2 Å². The zero-order chi connectivity index (χ0) is 20.2. The van der Waals surface area contributed by atoms with E-state index in [2.05, 4.69) is 50.6 Å². The normalized spacial score (nSPS) is 17.9. The fourth-order valence-corrected chi connectivity index (χ4v) is 3.65. The van der Waals surface area contributed by atoms with Crippen molar-refractivity contribution in [3.8, 4) is 0 Å². The van der Waals surface area contributed by atoms with Crippen LogP contribution in [0.5, 0.6) is 0 Å². The van der Waals surface area contributed by atoms with Crippen LogP contribution in [0.1, 0.15) is 27.2 Å². The summed E-state index contributed by atoms with van der Waals surface area (Å²) in [4.78, 5) is 22.8. The van der Waals surface area contributed by atoms with Crippen LogP contribution in [0.25, 0.3) is 0 Å². The van der Waals surface area contributed by atoms with E-state index in [-0.39, 0.29) is 24.2 Å². The number of fused-ring (bicyclic) bond motifs is 1. The first-order valence-electron chi connectivity index (χ1n) is 10.00. The van der Waals surface area contributed by atoms with E-state index in [1.807, 2.05) is 0 Å². The SMILES string of the molecule is Cc1ccc2c(c1)CN(CC(O)CNC(=O)c1cc(NC3COC3)ncn1)CC2. The molecule has 29 heavy (non-hydrogen) atoms. The lowest BCUT2D eigenvalue weighted by atomic mass is 9.97. The molecule has 3 heterocycles. The van der Waals surface area contributed by atoms with E-state index in [9.17, 15) is 9.90 Å². The number of aliphatic hydroxyl groups is 1. The molecule has 1 aromatic heterocycles. The number of aromatic nitrogens is 2. The minimum Gasteiger partial charge on any atom is -0.390 e. The molecule has 0 radical (unpaired) electrons. The molecule has 2 aromatic rings. The number of nitrogens with zero attached hydrogens (tertiary/aromatic N) is 3. The number of ether oxygens (including phenoxy) is 1. The smallest absolute Gasteiger partial charge is 0.270 e. The summed E-state index contributed by atoms with van der Waals surface area (Å²) in [5.74, 6) is 0.278. The second-order valence-corrected chi connectivity index (χ2v) is 7.79. The first-order chi connectivity index (χ1) is 14.1. The number of aliphatic hydroxyl groups excluding tert-OH is 1. The minimum absolute atomic E-state index is 0.180. The third kappa shape index (κ3) is 5.09. The summed E-state index contributed by atoms with van der Waals surface area (Å²) in [5.41, 5.74) is 4.24. The molecule has 154 valence electrons. The molecule has 2 aliphatic heterocycles. The van der Waals surface area contributed by atoms with Crippen molar-refractivity contribution in [2.75, 3.05) is 38.2 Å². The van der Waals surface area contributed by atoms with Crippen molar-refractivity contribution < 1.29 is 14.6 Å². The Hall–Kier alpha value is -2.55. The summed E-state index contributed by atoms with van der Waals surface area (Å²) in [6.45, 7) is 5.81. The molecule has 0 aliphatic carbocycles. The van der Waals surface area contributed by atoms with Gasteiger partial charge in [0.05, 0.1) is 25.4 Å². The maximum atomic E-state index is 12.4. The largest absolute Gasteiger partial charge is 0.390 e. The van der Waals surface area contributed by atoms with Gasteiger partial charge in [-0.1, -0.05) is 23.8 Å². The molecular weight excluding hydrogens is 370 g/mol. The van der Waals surface area contributed by atoms with Gasteiger partial charge in [-0.3, -0.25) is 9.69 Å². The summed E-state index contributed by atoms with van der Waals surface area (Å²) < 4.78 is 5.12. The van der Waals surface area contributed by atoms with Crippen molar-refractivity contribution in [2.45, 2.75) is 32.0 Å². The fraction of sp³-hybridized carbons (Fsp3) is 0.476. The number of anilines is 1. The van der Waals surface area contributed by atoms with Gasteiger partial charge in [0.25, 0.3) is 5.91 Å². The summed E-state index contributed by atoms with van der Waals surface area (Å²) >= 11 is 0. The van der Waals surface area contributed by atoms with Gasteiger partial charge in [-0.05, 0) is 24.5 Å². The lowest BCUT2D eigenvalue weighted by Gasteiger charge is -2.30. The molecule has 1 unspecified atom stereocenters. The maximum absolute atomic E-state index is 12.4. The number of rotatable bonds is 7. The summed E-state index contributed by atoms with van der Waals surface area (Å²) in [5, 5.41) is 16.4. The molecule has 8 heteroatoms. The molecule has 0 spiro atoms. The van der Waals surface area contributed by atoms with Crippen LogP contribution in [0.15, 0.2) is 30.6 Å². The van der Waals surface area contributed by atoms with Crippen LogP contribution in [0.2, 0.25) is 0 Å². The van der Waals surface area contributed by atoms with Gasteiger partial charge in [0.15, 0.2) is 0 Å². The number of carbonyl (C=O) groups excluding carboxylic acids is 1. The first-order valence-corrected chi connectivity index (χ1v) is 10.00. The van der Waals surface area contributed by atoms with Gasteiger partial charge >= 0.3 is 0 Å². The zero-order valence-corrected chi connectivity index (χ0v) is 16.6. The molecule has 4 rings (SSSR count). The molecule has 2 aliphatic rings. The van der Waals surface area contributed by atoms with E-state index in [0.717, 1.165) is 19.5 Å². The second-order valence-electron chi connectivity index (χ2n) is 7.79. The Morgan fingerprint density at radius 3 is 2.97 bits per heavy atom. The Labute approximate surface area is 170 Å².